The average molecular weight is 259 g/mol. The van der Waals surface area contributed by atoms with Gasteiger partial charge in [0.25, 0.3) is 0 Å². The van der Waals surface area contributed by atoms with Crippen LogP contribution >= 0.6 is 0 Å². The first-order chi connectivity index (χ1) is 9.22. The minimum absolute atomic E-state index is 0.752. The Labute approximate surface area is 113 Å². The molecule has 0 atom stereocenters. The highest BCUT2D eigenvalue weighted by atomic mass is 15.2. The average Bonchev–Trinajstić information content (AvgIpc) is 2.79. The third kappa shape index (κ3) is 2.71. The zero-order chi connectivity index (χ0) is 13.2. The minimum atomic E-state index is 0.752. The number of rotatable bonds is 3. The maximum absolute atomic E-state index is 4.44. The number of aromatic nitrogens is 3. The van der Waals surface area contributed by atoms with Crippen molar-refractivity contribution in [2.75, 3.05) is 32.0 Å². The van der Waals surface area contributed by atoms with Crippen LogP contribution in [0.2, 0.25) is 0 Å². The van der Waals surface area contributed by atoms with E-state index >= 15 is 0 Å². The van der Waals surface area contributed by atoms with E-state index in [9.17, 15) is 0 Å². The maximum atomic E-state index is 4.44. The quantitative estimate of drug-likeness (QED) is 0.913. The van der Waals surface area contributed by atoms with E-state index in [0.717, 1.165) is 29.5 Å². The number of nitrogens with one attached hydrogen (secondary N) is 1. The first-order valence-electron chi connectivity index (χ1n) is 6.96. The van der Waals surface area contributed by atoms with Crippen LogP contribution in [0, 0.1) is 12.8 Å². The largest absolute Gasteiger partial charge is 0.368 e. The summed E-state index contributed by atoms with van der Waals surface area (Å²) in [7, 11) is 2.20. The molecule has 3 rings (SSSR count). The Hall–Kier alpha value is -1.62. The standard InChI is InChI=1S/C14H21N5/c1-11-9-13-14(15-5-8-19(13)17-11)16-10-12-3-6-18(2)7-4-12/h5,8-9,12H,3-4,6-7,10H2,1-2H3,(H,15,16). The third-order valence-corrected chi connectivity index (χ3v) is 3.91. The van der Waals surface area contributed by atoms with Gasteiger partial charge in [0.2, 0.25) is 0 Å². The van der Waals surface area contributed by atoms with Gasteiger partial charge in [-0.1, -0.05) is 0 Å². The van der Waals surface area contributed by atoms with Gasteiger partial charge in [-0.15, -0.1) is 0 Å². The molecular formula is C14H21N5. The molecule has 0 aromatic carbocycles. The lowest BCUT2D eigenvalue weighted by atomic mass is 9.97. The molecule has 0 radical (unpaired) electrons. The molecule has 5 nitrogen and oxygen atoms in total. The molecule has 1 aliphatic rings. The highest BCUT2D eigenvalue weighted by Gasteiger charge is 2.16. The van der Waals surface area contributed by atoms with Crippen molar-refractivity contribution in [1.82, 2.24) is 19.5 Å². The van der Waals surface area contributed by atoms with Crippen LogP contribution in [-0.2, 0) is 0 Å². The summed E-state index contributed by atoms with van der Waals surface area (Å²) in [5.74, 6) is 1.70. The number of hydrogen-bond donors (Lipinski definition) is 1. The molecule has 19 heavy (non-hydrogen) atoms. The smallest absolute Gasteiger partial charge is 0.152 e. The van der Waals surface area contributed by atoms with Crippen LogP contribution in [0.15, 0.2) is 18.5 Å². The number of piperidine rings is 1. The zero-order valence-corrected chi connectivity index (χ0v) is 11.6. The van der Waals surface area contributed by atoms with E-state index in [1.165, 1.54) is 25.9 Å². The second-order valence-corrected chi connectivity index (χ2v) is 5.52. The lowest BCUT2D eigenvalue weighted by molar-refractivity contribution is 0.226. The Morgan fingerprint density at radius 1 is 1.37 bits per heavy atom. The monoisotopic (exact) mass is 259 g/mol. The molecule has 1 fully saturated rings. The third-order valence-electron chi connectivity index (χ3n) is 3.91. The lowest BCUT2D eigenvalue weighted by Gasteiger charge is -2.29. The summed E-state index contributed by atoms with van der Waals surface area (Å²) in [6.07, 6.45) is 6.23. The molecular weight excluding hydrogens is 238 g/mol. The molecule has 2 aromatic heterocycles. The Morgan fingerprint density at radius 3 is 2.95 bits per heavy atom. The van der Waals surface area contributed by atoms with Crippen molar-refractivity contribution in [2.24, 2.45) is 5.92 Å². The summed E-state index contributed by atoms with van der Waals surface area (Å²) in [5.41, 5.74) is 2.09. The van der Waals surface area contributed by atoms with E-state index < -0.39 is 0 Å². The second-order valence-electron chi connectivity index (χ2n) is 5.52. The molecule has 102 valence electrons. The van der Waals surface area contributed by atoms with Crippen LogP contribution in [0.25, 0.3) is 5.52 Å². The minimum Gasteiger partial charge on any atom is -0.368 e. The van der Waals surface area contributed by atoms with Gasteiger partial charge in [0.05, 0.1) is 5.69 Å². The topological polar surface area (TPSA) is 45.5 Å². The number of nitrogens with zero attached hydrogens (tertiary/aromatic N) is 4. The van der Waals surface area contributed by atoms with Crippen LogP contribution in [0.3, 0.4) is 0 Å². The van der Waals surface area contributed by atoms with Crippen LogP contribution < -0.4 is 5.32 Å². The van der Waals surface area contributed by atoms with Gasteiger partial charge in [-0.25, -0.2) is 9.50 Å². The molecule has 0 unspecified atom stereocenters. The molecule has 3 heterocycles. The van der Waals surface area contributed by atoms with Gasteiger partial charge in [0.1, 0.15) is 5.52 Å². The Morgan fingerprint density at radius 2 is 2.16 bits per heavy atom. The van der Waals surface area contributed by atoms with E-state index in [2.05, 4.69) is 33.4 Å². The fourth-order valence-electron chi connectivity index (χ4n) is 2.69. The Bertz CT molecular complexity index is 554. The van der Waals surface area contributed by atoms with Crippen molar-refractivity contribution < 1.29 is 0 Å². The predicted octanol–water partition coefficient (Wildman–Crippen LogP) is 1.79. The van der Waals surface area contributed by atoms with E-state index in [1.807, 2.05) is 17.6 Å². The predicted molar refractivity (Wildman–Crippen MR) is 76.4 cm³/mol. The summed E-state index contributed by atoms with van der Waals surface area (Å²) >= 11 is 0. The van der Waals surface area contributed by atoms with E-state index in [-0.39, 0.29) is 0 Å². The summed E-state index contributed by atoms with van der Waals surface area (Å²) in [5, 5.41) is 7.90. The summed E-state index contributed by atoms with van der Waals surface area (Å²) in [4.78, 5) is 6.84. The van der Waals surface area contributed by atoms with Gasteiger partial charge in [0.15, 0.2) is 5.82 Å². The van der Waals surface area contributed by atoms with Crippen LogP contribution in [0.1, 0.15) is 18.5 Å². The van der Waals surface area contributed by atoms with Crippen molar-refractivity contribution in [2.45, 2.75) is 19.8 Å². The molecule has 1 saturated heterocycles. The molecule has 0 spiro atoms. The SMILES string of the molecule is Cc1cc2c(NCC3CCN(C)CC3)nccn2n1. The molecule has 0 bridgehead atoms. The normalized spacial score (nSPS) is 18.0. The van der Waals surface area contributed by atoms with E-state index in [4.69, 9.17) is 0 Å². The first-order valence-corrected chi connectivity index (χ1v) is 6.96. The number of aryl methyl sites for hydroxylation is 1. The Balaban J connectivity index is 1.68. The van der Waals surface area contributed by atoms with Gasteiger partial charge < -0.3 is 10.2 Å². The number of hydrogen-bond acceptors (Lipinski definition) is 4. The number of anilines is 1. The van der Waals surface area contributed by atoms with Crippen LogP contribution in [-0.4, -0.2) is 46.2 Å². The second kappa shape index (κ2) is 5.17. The summed E-state index contributed by atoms with van der Waals surface area (Å²) < 4.78 is 1.89. The van der Waals surface area contributed by atoms with Gasteiger partial charge in [-0.3, -0.25) is 0 Å². The highest BCUT2D eigenvalue weighted by Crippen LogP contribution is 2.19. The first kappa shape index (κ1) is 12.4. The van der Waals surface area contributed by atoms with Crippen LogP contribution in [0.5, 0.6) is 0 Å². The van der Waals surface area contributed by atoms with E-state index in [0.29, 0.717) is 0 Å². The summed E-state index contributed by atoms with van der Waals surface area (Å²) in [6.45, 7) is 5.42. The van der Waals surface area contributed by atoms with Crippen molar-refractivity contribution in [1.29, 1.82) is 0 Å². The maximum Gasteiger partial charge on any atom is 0.152 e. The van der Waals surface area contributed by atoms with Crippen molar-refractivity contribution >= 4 is 11.3 Å². The van der Waals surface area contributed by atoms with E-state index in [1.54, 1.807) is 6.20 Å². The number of likely N-dealkylation sites (tertiary alicyclic amines) is 1. The fraction of sp³-hybridized carbons (Fsp3) is 0.571. The highest BCUT2D eigenvalue weighted by molar-refractivity contribution is 5.67. The molecule has 1 aliphatic heterocycles. The molecule has 2 aromatic rings. The summed E-state index contributed by atoms with van der Waals surface area (Å²) in [6, 6.07) is 2.07. The molecule has 5 heteroatoms. The van der Waals surface area contributed by atoms with Crippen molar-refractivity contribution in [3.63, 3.8) is 0 Å². The molecule has 0 saturated carbocycles. The number of fused-ring (bicyclic) bond motifs is 1. The van der Waals surface area contributed by atoms with Crippen molar-refractivity contribution in [3.8, 4) is 0 Å². The van der Waals surface area contributed by atoms with Gasteiger partial charge in [-0.05, 0) is 51.9 Å². The van der Waals surface area contributed by atoms with Gasteiger partial charge >= 0.3 is 0 Å². The zero-order valence-electron chi connectivity index (χ0n) is 11.6. The van der Waals surface area contributed by atoms with Gasteiger partial charge in [0, 0.05) is 18.9 Å². The van der Waals surface area contributed by atoms with Crippen molar-refractivity contribution in [3.05, 3.63) is 24.2 Å². The van der Waals surface area contributed by atoms with Crippen LogP contribution in [0.4, 0.5) is 5.82 Å². The lowest BCUT2D eigenvalue weighted by Crippen LogP contribution is -2.33. The van der Waals surface area contributed by atoms with Gasteiger partial charge in [-0.2, -0.15) is 5.10 Å². The fourth-order valence-corrected chi connectivity index (χ4v) is 2.69. The molecule has 1 N–H and O–H groups in total. The molecule has 0 aliphatic carbocycles. The Kier molecular flexibility index (Phi) is 3.38. The molecule has 0 amide bonds.